The maximum absolute atomic E-state index is 14.0. The molecule has 2 aromatic carbocycles. The standard InChI is InChI=1S/C15H11FO3/c1-9-18-13-7-11(12(16)8-14(13)19-9)15(17)10-5-3-2-4-6-10/h2-9H,1H3. The van der Waals surface area contributed by atoms with E-state index in [-0.39, 0.29) is 11.3 Å². The Balaban J connectivity index is 2.03. The lowest BCUT2D eigenvalue weighted by Gasteiger charge is -2.04. The van der Waals surface area contributed by atoms with Crippen LogP contribution in [0.5, 0.6) is 11.5 Å². The minimum absolute atomic E-state index is 0.0114. The Morgan fingerprint density at radius 3 is 2.42 bits per heavy atom. The van der Waals surface area contributed by atoms with Gasteiger partial charge in [0.2, 0.25) is 6.29 Å². The number of ketones is 1. The summed E-state index contributed by atoms with van der Waals surface area (Å²) in [6.45, 7) is 1.70. The van der Waals surface area contributed by atoms with Crippen LogP contribution in [0.15, 0.2) is 42.5 Å². The third-order valence-corrected chi connectivity index (χ3v) is 2.90. The van der Waals surface area contributed by atoms with Gasteiger partial charge in [0, 0.05) is 18.6 Å². The first-order chi connectivity index (χ1) is 9.15. The molecule has 19 heavy (non-hydrogen) atoms. The molecule has 0 bridgehead atoms. The van der Waals surface area contributed by atoms with Crippen molar-refractivity contribution in [3.8, 4) is 11.5 Å². The minimum atomic E-state index is -0.606. The number of carbonyl (C=O) groups is 1. The molecule has 4 heteroatoms. The number of halogens is 1. The number of fused-ring (bicyclic) bond motifs is 1. The number of benzene rings is 2. The van der Waals surface area contributed by atoms with Gasteiger partial charge in [-0.25, -0.2) is 4.39 Å². The Bertz CT molecular complexity index is 637. The molecular formula is C15H11FO3. The lowest BCUT2D eigenvalue weighted by Crippen LogP contribution is -2.11. The Morgan fingerprint density at radius 1 is 1.11 bits per heavy atom. The number of ether oxygens (including phenoxy) is 2. The van der Waals surface area contributed by atoms with Crippen LogP contribution in [0.25, 0.3) is 0 Å². The van der Waals surface area contributed by atoms with Crippen molar-refractivity contribution in [1.29, 1.82) is 0 Å². The van der Waals surface area contributed by atoms with Crippen LogP contribution in [0.3, 0.4) is 0 Å². The first-order valence-electron chi connectivity index (χ1n) is 5.92. The Morgan fingerprint density at radius 2 is 1.74 bits per heavy atom. The molecule has 1 unspecified atom stereocenters. The monoisotopic (exact) mass is 258 g/mol. The summed E-state index contributed by atoms with van der Waals surface area (Å²) in [6, 6.07) is 11.2. The molecule has 0 N–H and O–H groups in total. The largest absolute Gasteiger partial charge is 0.451 e. The molecule has 0 aliphatic carbocycles. The van der Waals surface area contributed by atoms with E-state index in [0.717, 1.165) is 0 Å². The molecule has 1 heterocycles. The molecular weight excluding hydrogens is 247 g/mol. The van der Waals surface area contributed by atoms with Crippen LogP contribution in [-0.2, 0) is 0 Å². The summed E-state index contributed by atoms with van der Waals surface area (Å²) in [4.78, 5) is 12.2. The van der Waals surface area contributed by atoms with Gasteiger partial charge in [-0.1, -0.05) is 30.3 Å². The van der Waals surface area contributed by atoms with Crippen molar-refractivity contribution in [2.45, 2.75) is 13.2 Å². The van der Waals surface area contributed by atoms with Crippen molar-refractivity contribution in [2.24, 2.45) is 0 Å². The van der Waals surface area contributed by atoms with E-state index in [4.69, 9.17) is 9.47 Å². The quantitative estimate of drug-likeness (QED) is 0.776. The lowest BCUT2D eigenvalue weighted by atomic mass is 10.0. The molecule has 0 amide bonds. The summed E-state index contributed by atoms with van der Waals surface area (Å²) in [7, 11) is 0. The molecule has 0 spiro atoms. The van der Waals surface area contributed by atoms with Crippen molar-refractivity contribution >= 4 is 5.78 Å². The first kappa shape index (κ1) is 11.7. The summed E-state index contributed by atoms with van der Waals surface area (Å²) >= 11 is 0. The molecule has 1 atom stereocenters. The Labute approximate surface area is 109 Å². The smallest absolute Gasteiger partial charge is 0.238 e. The third-order valence-electron chi connectivity index (χ3n) is 2.90. The molecule has 1 aliphatic heterocycles. The van der Waals surface area contributed by atoms with Gasteiger partial charge < -0.3 is 9.47 Å². The second-order valence-electron chi connectivity index (χ2n) is 4.28. The molecule has 0 saturated carbocycles. The van der Waals surface area contributed by atoms with Crippen molar-refractivity contribution in [3.63, 3.8) is 0 Å². The molecule has 2 aromatic rings. The fourth-order valence-corrected chi connectivity index (χ4v) is 2.02. The van der Waals surface area contributed by atoms with E-state index in [1.807, 2.05) is 0 Å². The second kappa shape index (κ2) is 4.39. The zero-order valence-corrected chi connectivity index (χ0v) is 10.2. The predicted octanol–water partition coefficient (Wildman–Crippen LogP) is 3.17. The zero-order chi connectivity index (χ0) is 13.4. The van der Waals surface area contributed by atoms with Crippen molar-refractivity contribution < 1.29 is 18.7 Å². The van der Waals surface area contributed by atoms with Crippen LogP contribution in [-0.4, -0.2) is 12.1 Å². The Hall–Kier alpha value is -2.36. The lowest BCUT2D eigenvalue weighted by molar-refractivity contribution is 0.0677. The van der Waals surface area contributed by atoms with Crippen LogP contribution in [0.1, 0.15) is 22.8 Å². The average molecular weight is 258 g/mol. The van der Waals surface area contributed by atoms with E-state index in [1.165, 1.54) is 12.1 Å². The number of hydrogen-bond acceptors (Lipinski definition) is 3. The highest BCUT2D eigenvalue weighted by Crippen LogP contribution is 2.37. The molecule has 3 rings (SSSR count). The van der Waals surface area contributed by atoms with E-state index in [2.05, 4.69) is 0 Å². The predicted molar refractivity (Wildman–Crippen MR) is 67.0 cm³/mol. The van der Waals surface area contributed by atoms with Gasteiger partial charge in [-0.2, -0.15) is 0 Å². The van der Waals surface area contributed by atoms with Crippen molar-refractivity contribution in [3.05, 3.63) is 59.4 Å². The maximum Gasteiger partial charge on any atom is 0.238 e. The highest BCUT2D eigenvalue weighted by atomic mass is 19.1. The summed E-state index contributed by atoms with van der Waals surface area (Å²) < 4.78 is 24.6. The average Bonchev–Trinajstić information content (AvgIpc) is 2.77. The molecule has 1 aliphatic rings. The van der Waals surface area contributed by atoms with Gasteiger partial charge in [0.25, 0.3) is 0 Å². The van der Waals surface area contributed by atoms with Crippen LogP contribution < -0.4 is 9.47 Å². The van der Waals surface area contributed by atoms with Crippen LogP contribution >= 0.6 is 0 Å². The van der Waals surface area contributed by atoms with Gasteiger partial charge in [0.15, 0.2) is 17.3 Å². The van der Waals surface area contributed by atoms with Crippen molar-refractivity contribution in [2.75, 3.05) is 0 Å². The van der Waals surface area contributed by atoms with E-state index >= 15 is 0 Å². The highest BCUT2D eigenvalue weighted by molar-refractivity contribution is 6.09. The van der Waals surface area contributed by atoms with Gasteiger partial charge in [0.1, 0.15) is 5.82 Å². The Kier molecular flexibility index (Phi) is 2.71. The minimum Gasteiger partial charge on any atom is -0.451 e. The molecule has 96 valence electrons. The van der Waals surface area contributed by atoms with Gasteiger partial charge in [-0.3, -0.25) is 4.79 Å². The fourth-order valence-electron chi connectivity index (χ4n) is 2.02. The van der Waals surface area contributed by atoms with Crippen molar-refractivity contribution in [1.82, 2.24) is 0 Å². The second-order valence-corrected chi connectivity index (χ2v) is 4.28. The van der Waals surface area contributed by atoms with Gasteiger partial charge in [-0.05, 0) is 6.07 Å². The van der Waals surface area contributed by atoms with E-state index < -0.39 is 12.1 Å². The summed E-state index contributed by atoms with van der Waals surface area (Å²) in [5.41, 5.74) is 0.427. The molecule has 0 saturated heterocycles. The highest BCUT2D eigenvalue weighted by Gasteiger charge is 2.25. The molecule has 0 aromatic heterocycles. The zero-order valence-electron chi connectivity index (χ0n) is 10.2. The molecule has 3 nitrogen and oxygen atoms in total. The summed E-state index contributed by atoms with van der Waals surface area (Å²) in [5, 5.41) is 0. The van der Waals surface area contributed by atoms with E-state index in [0.29, 0.717) is 17.1 Å². The molecule has 0 fully saturated rings. The van der Waals surface area contributed by atoms with E-state index in [1.54, 1.807) is 37.3 Å². The normalized spacial score (nSPS) is 16.4. The number of carbonyl (C=O) groups excluding carboxylic acids is 1. The summed E-state index contributed by atoms with van der Waals surface area (Å²) in [5.74, 6) is -0.253. The third kappa shape index (κ3) is 2.05. The van der Waals surface area contributed by atoms with Crippen LogP contribution in [0, 0.1) is 5.82 Å². The molecule has 0 radical (unpaired) electrons. The SMILES string of the molecule is CC1Oc2cc(F)c(C(=O)c3ccccc3)cc2O1. The number of hydrogen-bond donors (Lipinski definition) is 0. The van der Waals surface area contributed by atoms with Gasteiger partial charge >= 0.3 is 0 Å². The first-order valence-corrected chi connectivity index (χ1v) is 5.92. The topological polar surface area (TPSA) is 35.5 Å². The number of rotatable bonds is 2. The van der Waals surface area contributed by atoms with Gasteiger partial charge in [-0.15, -0.1) is 0 Å². The van der Waals surface area contributed by atoms with Gasteiger partial charge in [0.05, 0.1) is 5.56 Å². The van der Waals surface area contributed by atoms with Crippen LogP contribution in [0.4, 0.5) is 4.39 Å². The van der Waals surface area contributed by atoms with E-state index in [9.17, 15) is 9.18 Å². The maximum atomic E-state index is 14.0. The van der Waals surface area contributed by atoms with Crippen LogP contribution in [0.2, 0.25) is 0 Å². The fraction of sp³-hybridized carbons (Fsp3) is 0.133. The summed E-state index contributed by atoms with van der Waals surface area (Å²) in [6.07, 6.45) is -0.462.